The van der Waals surface area contributed by atoms with Crippen molar-refractivity contribution in [3.63, 3.8) is 0 Å². The number of aromatic nitrogens is 2. The average Bonchev–Trinajstić information content (AvgIpc) is 3.06. The Hall–Kier alpha value is -3.33. The fraction of sp³-hybridized carbons (Fsp3) is 0.111. The molecule has 0 saturated heterocycles. The average molecular weight is 376 g/mol. The van der Waals surface area contributed by atoms with E-state index >= 15 is 0 Å². The maximum absolute atomic E-state index is 12.8. The maximum Gasteiger partial charge on any atom is 0.416 e. The molecule has 0 unspecified atom stereocenters. The Labute approximate surface area is 151 Å². The van der Waals surface area contributed by atoms with Gasteiger partial charge in [-0.05, 0) is 35.9 Å². The van der Waals surface area contributed by atoms with Crippen LogP contribution < -0.4 is 10.8 Å². The molecular formula is C18H15F3N4O2. The normalized spacial score (nSPS) is 11.9. The van der Waals surface area contributed by atoms with Crippen LogP contribution in [0.15, 0.2) is 48.5 Å². The van der Waals surface area contributed by atoms with Gasteiger partial charge in [0.2, 0.25) is 0 Å². The molecule has 6 nitrogen and oxygen atoms in total. The lowest BCUT2D eigenvalue weighted by Gasteiger charge is -2.08. The van der Waals surface area contributed by atoms with Gasteiger partial charge >= 0.3 is 6.18 Å². The van der Waals surface area contributed by atoms with E-state index in [0.717, 1.165) is 12.1 Å². The summed E-state index contributed by atoms with van der Waals surface area (Å²) < 4.78 is 38.4. The van der Waals surface area contributed by atoms with Crippen molar-refractivity contribution in [2.45, 2.75) is 12.7 Å². The van der Waals surface area contributed by atoms with Gasteiger partial charge in [0, 0.05) is 11.8 Å². The van der Waals surface area contributed by atoms with Crippen LogP contribution in [-0.2, 0) is 17.5 Å². The predicted molar refractivity (Wildman–Crippen MR) is 93.8 cm³/mol. The molecule has 0 fully saturated rings. The first kappa shape index (κ1) is 18.5. The van der Waals surface area contributed by atoms with Gasteiger partial charge in [-0.3, -0.25) is 10.0 Å². The molecule has 4 N–H and O–H groups in total. The summed E-state index contributed by atoms with van der Waals surface area (Å²) in [6.07, 6.45) is -1.73. The van der Waals surface area contributed by atoms with Gasteiger partial charge in [-0.2, -0.15) is 13.2 Å². The van der Waals surface area contributed by atoms with E-state index in [9.17, 15) is 18.0 Å². The zero-order valence-electron chi connectivity index (χ0n) is 13.8. The van der Waals surface area contributed by atoms with Gasteiger partial charge in [-0.15, -0.1) is 0 Å². The van der Waals surface area contributed by atoms with Crippen molar-refractivity contribution in [3.8, 4) is 0 Å². The van der Waals surface area contributed by atoms with E-state index < -0.39 is 17.6 Å². The topological polar surface area (TPSA) is 90.0 Å². The van der Waals surface area contributed by atoms with Crippen LogP contribution in [0.5, 0.6) is 0 Å². The summed E-state index contributed by atoms with van der Waals surface area (Å²) in [5, 5.41) is 11.6. The van der Waals surface area contributed by atoms with Crippen LogP contribution in [0.1, 0.15) is 17.0 Å². The van der Waals surface area contributed by atoms with Gasteiger partial charge in [0.1, 0.15) is 5.82 Å². The number of H-pyrrole nitrogens is 1. The number of aromatic amines is 1. The largest absolute Gasteiger partial charge is 0.416 e. The molecule has 27 heavy (non-hydrogen) atoms. The highest BCUT2D eigenvalue weighted by atomic mass is 19.4. The van der Waals surface area contributed by atoms with E-state index in [0.29, 0.717) is 28.1 Å². The van der Waals surface area contributed by atoms with E-state index in [4.69, 9.17) is 5.21 Å². The zero-order chi connectivity index (χ0) is 19.4. The third-order valence-corrected chi connectivity index (χ3v) is 3.79. The molecule has 0 spiro atoms. The highest BCUT2D eigenvalue weighted by molar-refractivity contribution is 5.91. The fourth-order valence-electron chi connectivity index (χ4n) is 2.51. The van der Waals surface area contributed by atoms with Crippen molar-refractivity contribution >= 4 is 28.7 Å². The standard InChI is InChI=1S/C18H15F3N4O2/c19-18(20,21)12-6-7-14-15(9-12)24-16(23-14)10-22-13-4-2-1-3-11(13)5-8-17(26)25-27/h1-9,22,27H,10H2,(H,23,24)(H,25,26)/b8-5+. The first-order valence-electron chi connectivity index (χ1n) is 7.88. The Bertz CT molecular complexity index is 996. The number of imidazole rings is 1. The predicted octanol–water partition coefficient (Wildman–Crippen LogP) is 3.71. The minimum absolute atomic E-state index is 0.243. The van der Waals surface area contributed by atoms with Crippen LogP contribution in [0.25, 0.3) is 17.1 Å². The summed E-state index contributed by atoms with van der Waals surface area (Å²) in [5.41, 5.74) is 2.88. The molecule has 0 bridgehead atoms. The first-order chi connectivity index (χ1) is 12.9. The molecule has 3 rings (SSSR count). The Morgan fingerprint density at radius 1 is 1.22 bits per heavy atom. The molecule has 1 amide bonds. The van der Waals surface area contributed by atoms with Crippen molar-refractivity contribution in [1.29, 1.82) is 0 Å². The lowest BCUT2D eigenvalue weighted by Crippen LogP contribution is -2.14. The number of para-hydroxylation sites is 1. The molecule has 2 aromatic carbocycles. The molecule has 0 radical (unpaired) electrons. The van der Waals surface area contributed by atoms with E-state index in [1.807, 2.05) is 0 Å². The molecule has 0 aliphatic rings. The Morgan fingerprint density at radius 3 is 2.74 bits per heavy atom. The number of rotatable bonds is 5. The molecule has 0 aliphatic heterocycles. The minimum Gasteiger partial charge on any atom is -0.377 e. The van der Waals surface area contributed by atoms with Gasteiger partial charge < -0.3 is 10.3 Å². The number of nitrogens with zero attached hydrogens (tertiary/aromatic N) is 1. The van der Waals surface area contributed by atoms with Crippen molar-refractivity contribution < 1.29 is 23.2 Å². The van der Waals surface area contributed by atoms with Crippen LogP contribution in [0.3, 0.4) is 0 Å². The number of carbonyl (C=O) groups excluding carboxylic acids is 1. The molecule has 1 heterocycles. The van der Waals surface area contributed by atoms with Gasteiger partial charge in [0.25, 0.3) is 5.91 Å². The van der Waals surface area contributed by atoms with Crippen LogP contribution in [0, 0.1) is 0 Å². The van der Waals surface area contributed by atoms with Gasteiger partial charge in [-0.1, -0.05) is 18.2 Å². The van der Waals surface area contributed by atoms with Crippen LogP contribution >= 0.6 is 0 Å². The summed E-state index contributed by atoms with van der Waals surface area (Å²) >= 11 is 0. The monoisotopic (exact) mass is 376 g/mol. The molecule has 0 saturated carbocycles. The summed E-state index contributed by atoms with van der Waals surface area (Å²) in [6.45, 7) is 0.243. The Morgan fingerprint density at radius 2 is 2.00 bits per heavy atom. The summed E-state index contributed by atoms with van der Waals surface area (Å²) in [5.74, 6) is -0.196. The van der Waals surface area contributed by atoms with Crippen LogP contribution in [-0.4, -0.2) is 21.1 Å². The molecule has 0 aliphatic carbocycles. The second-order valence-electron chi connectivity index (χ2n) is 5.66. The van der Waals surface area contributed by atoms with Crippen molar-refractivity contribution in [3.05, 3.63) is 65.5 Å². The van der Waals surface area contributed by atoms with E-state index in [1.54, 1.807) is 24.3 Å². The van der Waals surface area contributed by atoms with Gasteiger partial charge in [0.05, 0.1) is 23.1 Å². The van der Waals surface area contributed by atoms with E-state index in [-0.39, 0.29) is 6.54 Å². The minimum atomic E-state index is -4.41. The molecule has 9 heteroatoms. The van der Waals surface area contributed by atoms with Gasteiger partial charge in [-0.25, -0.2) is 10.5 Å². The number of nitrogens with one attached hydrogen (secondary N) is 3. The van der Waals surface area contributed by atoms with Crippen LogP contribution in [0.2, 0.25) is 0 Å². The third-order valence-electron chi connectivity index (χ3n) is 3.79. The third kappa shape index (κ3) is 4.45. The maximum atomic E-state index is 12.8. The fourth-order valence-corrected chi connectivity index (χ4v) is 2.51. The second kappa shape index (κ2) is 7.50. The molecular weight excluding hydrogens is 361 g/mol. The number of hydroxylamine groups is 1. The Kier molecular flexibility index (Phi) is 5.13. The van der Waals surface area contributed by atoms with Crippen LogP contribution in [0.4, 0.5) is 18.9 Å². The number of fused-ring (bicyclic) bond motifs is 1. The molecule has 0 atom stereocenters. The number of halogens is 3. The molecule has 3 aromatic rings. The SMILES string of the molecule is O=C(/C=C/c1ccccc1NCc1nc2ccc(C(F)(F)F)cc2[nH]1)NO. The summed E-state index contributed by atoms with van der Waals surface area (Å²) in [4.78, 5) is 18.2. The van der Waals surface area contributed by atoms with Crippen molar-refractivity contribution in [2.24, 2.45) is 0 Å². The number of alkyl halides is 3. The number of benzene rings is 2. The van der Waals surface area contributed by atoms with Crippen molar-refractivity contribution in [1.82, 2.24) is 15.4 Å². The number of amides is 1. The van der Waals surface area contributed by atoms with Crippen molar-refractivity contribution in [2.75, 3.05) is 5.32 Å². The number of hydrogen-bond donors (Lipinski definition) is 4. The summed E-state index contributed by atoms with van der Waals surface area (Å²) in [6, 6.07) is 10.4. The quantitative estimate of drug-likeness (QED) is 0.310. The highest BCUT2D eigenvalue weighted by Crippen LogP contribution is 2.31. The smallest absolute Gasteiger partial charge is 0.377 e. The lowest BCUT2D eigenvalue weighted by molar-refractivity contribution is -0.137. The van der Waals surface area contributed by atoms with E-state index in [2.05, 4.69) is 15.3 Å². The second-order valence-corrected chi connectivity index (χ2v) is 5.66. The van der Waals surface area contributed by atoms with Gasteiger partial charge in [0.15, 0.2) is 0 Å². The highest BCUT2D eigenvalue weighted by Gasteiger charge is 2.30. The zero-order valence-corrected chi connectivity index (χ0v) is 13.8. The lowest BCUT2D eigenvalue weighted by atomic mass is 10.1. The Balaban J connectivity index is 1.77. The molecule has 1 aromatic heterocycles. The van der Waals surface area contributed by atoms with E-state index in [1.165, 1.54) is 23.7 Å². The summed E-state index contributed by atoms with van der Waals surface area (Å²) in [7, 11) is 0. The molecule has 140 valence electrons. The number of carbonyl (C=O) groups is 1. The number of anilines is 1. The first-order valence-corrected chi connectivity index (χ1v) is 7.88. The number of hydrogen-bond acceptors (Lipinski definition) is 4.